The van der Waals surface area contributed by atoms with Crippen LogP contribution < -0.4 is 15.5 Å². The Labute approximate surface area is 122 Å². The zero-order valence-corrected chi connectivity index (χ0v) is 13.1. The summed E-state index contributed by atoms with van der Waals surface area (Å²) in [5.41, 5.74) is 0.976. The second-order valence-electron chi connectivity index (χ2n) is 4.86. The number of nitrogens with zero attached hydrogens (tertiary/aromatic N) is 3. The van der Waals surface area contributed by atoms with Gasteiger partial charge in [-0.05, 0) is 25.5 Å². The minimum atomic E-state index is 0.586. The molecule has 0 bridgehead atoms. The highest BCUT2D eigenvalue weighted by Gasteiger charge is 2.00. The molecule has 0 radical (unpaired) electrons. The van der Waals surface area contributed by atoms with E-state index < -0.39 is 0 Å². The lowest BCUT2D eigenvalue weighted by atomic mass is 10.3. The van der Waals surface area contributed by atoms with Gasteiger partial charge in [-0.15, -0.1) is 0 Å². The summed E-state index contributed by atoms with van der Waals surface area (Å²) in [6.45, 7) is 6.66. The monoisotopic (exact) mass is 277 g/mol. The van der Waals surface area contributed by atoms with Crippen molar-refractivity contribution < 1.29 is 0 Å². The standard InChI is InChI=1S/C15H27N5/c1-5-7-11-17-15(16-6-2)18-12-13-9-8-10-14(19-13)20(3)4/h8-10H,5-7,11-12H2,1-4H3,(H2,16,17,18). The van der Waals surface area contributed by atoms with Gasteiger partial charge in [-0.3, -0.25) is 0 Å². The van der Waals surface area contributed by atoms with Gasteiger partial charge in [0.1, 0.15) is 5.82 Å². The van der Waals surface area contributed by atoms with Gasteiger partial charge < -0.3 is 15.5 Å². The van der Waals surface area contributed by atoms with E-state index in [1.807, 2.05) is 37.2 Å². The Morgan fingerprint density at radius 1 is 1.25 bits per heavy atom. The topological polar surface area (TPSA) is 52.6 Å². The van der Waals surface area contributed by atoms with Gasteiger partial charge in [0.15, 0.2) is 5.96 Å². The van der Waals surface area contributed by atoms with E-state index in [0.717, 1.165) is 37.0 Å². The molecule has 20 heavy (non-hydrogen) atoms. The number of hydrogen-bond donors (Lipinski definition) is 2. The molecule has 0 amide bonds. The van der Waals surface area contributed by atoms with Crippen LogP contribution in [0.5, 0.6) is 0 Å². The van der Waals surface area contributed by atoms with Crippen molar-refractivity contribution >= 4 is 11.8 Å². The summed E-state index contributed by atoms with van der Waals surface area (Å²) < 4.78 is 0. The van der Waals surface area contributed by atoms with Crippen LogP contribution in [0.25, 0.3) is 0 Å². The summed E-state index contributed by atoms with van der Waals surface area (Å²) in [5.74, 6) is 1.82. The van der Waals surface area contributed by atoms with Gasteiger partial charge in [0, 0.05) is 27.2 Å². The fraction of sp³-hybridized carbons (Fsp3) is 0.600. The first kappa shape index (κ1) is 16.3. The van der Waals surface area contributed by atoms with E-state index in [0.29, 0.717) is 6.54 Å². The summed E-state index contributed by atoms with van der Waals surface area (Å²) >= 11 is 0. The maximum Gasteiger partial charge on any atom is 0.191 e. The molecule has 1 rings (SSSR count). The van der Waals surface area contributed by atoms with Gasteiger partial charge in [-0.1, -0.05) is 19.4 Å². The van der Waals surface area contributed by atoms with E-state index in [2.05, 4.69) is 34.5 Å². The van der Waals surface area contributed by atoms with Crippen molar-refractivity contribution in [2.45, 2.75) is 33.2 Å². The number of aromatic nitrogens is 1. The Balaban J connectivity index is 2.63. The Hall–Kier alpha value is -1.78. The van der Waals surface area contributed by atoms with E-state index in [4.69, 9.17) is 0 Å². The molecule has 0 aliphatic heterocycles. The largest absolute Gasteiger partial charge is 0.363 e. The third-order valence-electron chi connectivity index (χ3n) is 2.82. The fourth-order valence-corrected chi connectivity index (χ4v) is 1.69. The molecule has 1 heterocycles. The van der Waals surface area contributed by atoms with Gasteiger partial charge >= 0.3 is 0 Å². The van der Waals surface area contributed by atoms with E-state index in [1.54, 1.807) is 0 Å². The van der Waals surface area contributed by atoms with Crippen molar-refractivity contribution in [1.29, 1.82) is 0 Å². The van der Waals surface area contributed by atoms with Crippen LogP contribution in [0.1, 0.15) is 32.4 Å². The maximum absolute atomic E-state index is 4.57. The molecule has 1 aromatic rings. The van der Waals surface area contributed by atoms with Crippen LogP contribution in [-0.4, -0.2) is 38.1 Å². The average molecular weight is 277 g/mol. The molecule has 1 aromatic heterocycles. The van der Waals surface area contributed by atoms with Gasteiger partial charge in [-0.25, -0.2) is 9.98 Å². The molecule has 5 heteroatoms. The van der Waals surface area contributed by atoms with Gasteiger partial charge in [0.05, 0.1) is 12.2 Å². The molecular weight excluding hydrogens is 250 g/mol. The highest BCUT2D eigenvalue weighted by atomic mass is 15.2. The number of hydrogen-bond acceptors (Lipinski definition) is 3. The second-order valence-corrected chi connectivity index (χ2v) is 4.86. The quantitative estimate of drug-likeness (QED) is 0.455. The average Bonchev–Trinajstić information content (AvgIpc) is 2.45. The number of aliphatic imine (C=N–C) groups is 1. The van der Waals surface area contributed by atoms with Crippen LogP contribution in [0.2, 0.25) is 0 Å². The summed E-state index contributed by atoms with van der Waals surface area (Å²) in [6.07, 6.45) is 2.33. The van der Waals surface area contributed by atoms with Crippen molar-refractivity contribution in [2.24, 2.45) is 4.99 Å². The first-order chi connectivity index (χ1) is 9.67. The van der Waals surface area contributed by atoms with Crippen LogP contribution in [-0.2, 0) is 6.54 Å². The number of nitrogens with one attached hydrogen (secondary N) is 2. The summed E-state index contributed by atoms with van der Waals surface area (Å²) in [5, 5.41) is 6.58. The van der Waals surface area contributed by atoms with Crippen LogP contribution >= 0.6 is 0 Å². The van der Waals surface area contributed by atoms with Crippen molar-refractivity contribution in [1.82, 2.24) is 15.6 Å². The van der Waals surface area contributed by atoms with Gasteiger partial charge in [0.25, 0.3) is 0 Å². The Kier molecular flexibility index (Phi) is 7.47. The van der Waals surface area contributed by atoms with Crippen molar-refractivity contribution in [3.8, 4) is 0 Å². The summed E-state index contributed by atoms with van der Waals surface area (Å²) in [6, 6.07) is 6.02. The van der Waals surface area contributed by atoms with Gasteiger partial charge in [-0.2, -0.15) is 0 Å². The first-order valence-electron chi connectivity index (χ1n) is 7.32. The molecule has 0 saturated carbocycles. The summed E-state index contributed by atoms with van der Waals surface area (Å²) in [4.78, 5) is 11.1. The molecule has 0 saturated heterocycles. The van der Waals surface area contributed by atoms with Crippen LogP contribution in [0.4, 0.5) is 5.82 Å². The van der Waals surface area contributed by atoms with Crippen molar-refractivity contribution in [3.05, 3.63) is 23.9 Å². The molecule has 0 unspecified atom stereocenters. The number of pyridine rings is 1. The molecule has 0 aromatic carbocycles. The van der Waals surface area contributed by atoms with Crippen LogP contribution in [0.15, 0.2) is 23.2 Å². The molecule has 2 N–H and O–H groups in total. The lowest BCUT2D eigenvalue weighted by Crippen LogP contribution is -2.37. The number of guanidine groups is 1. The van der Waals surface area contributed by atoms with Gasteiger partial charge in [0.2, 0.25) is 0 Å². The molecule has 5 nitrogen and oxygen atoms in total. The lowest BCUT2D eigenvalue weighted by Gasteiger charge is -2.13. The Morgan fingerprint density at radius 3 is 2.70 bits per heavy atom. The van der Waals surface area contributed by atoms with Crippen LogP contribution in [0, 0.1) is 0 Å². The van der Waals surface area contributed by atoms with Crippen molar-refractivity contribution in [2.75, 3.05) is 32.1 Å². The molecular formula is C15H27N5. The molecule has 0 spiro atoms. The zero-order chi connectivity index (χ0) is 14.8. The normalized spacial score (nSPS) is 11.3. The highest BCUT2D eigenvalue weighted by molar-refractivity contribution is 5.79. The molecule has 0 aliphatic rings. The molecule has 0 fully saturated rings. The predicted octanol–water partition coefficient (Wildman–Crippen LogP) is 2.00. The van der Waals surface area contributed by atoms with Crippen molar-refractivity contribution in [3.63, 3.8) is 0 Å². The number of anilines is 1. The zero-order valence-electron chi connectivity index (χ0n) is 13.1. The molecule has 112 valence electrons. The minimum Gasteiger partial charge on any atom is -0.363 e. The SMILES string of the molecule is CCCCNC(=NCc1cccc(N(C)C)n1)NCC. The third kappa shape index (κ3) is 5.91. The highest BCUT2D eigenvalue weighted by Crippen LogP contribution is 2.08. The Bertz CT molecular complexity index is 414. The van der Waals surface area contributed by atoms with E-state index in [9.17, 15) is 0 Å². The molecule has 0 aliphatic carbocycles. The smallest absolute Gasteiger partial charge is 0.191 e. The molecule has 0 atom stereocenters. The van der Waals surface area contributed by atoms with E-state index >= 15 is 0 Å². The first-order valence-corrected chi connectivity index (χ1v) is 7.32. The fourth-order valence-electron chi connectivity index (χ4n) is 1.69. The second kappa shape index (κ2) is 9.18. The third-order valence-corrected chi connectivity index (χ3v) is 2.82. The predicted molar refractivity (Wildman–Crippen MR) is 86.3 cm³/mol. The van der Waals surface area contributed by atoms with E-state index in [1.165, 1.54) is 6.42 Å². The maximum atomic E-state index is 4.57. The minimum absolute atomic E-state index is 0.586. The number of unbranched alkanes of at least 4 members (excludes halogenated alkanes) is 1. The van der Waals surface area contributed by atoms with E-state index in [-0.39, 0.29) is 0 Å². The number of rotatable bonds is 7. The van der Waals surface area contributed by atoms with Crippen LogP contribution in [0.3, 0.4) is 0 Å². The summed E-state index contributed by atoms with van der Waals surface area (Å²) in [7, 11) is 3.98. The lowest BCUT2D eigenvalue weighted by molar-refractivity contribution is 0.729. The Morgan fingerprint density at radius 2 is 2.05 bits per heavy atom.